The SMILES string of the molecule is CCNC(=NCc1sc(C)nc1C)NCCc1cccc(O)c1.I. The standard InChI is InChI=1S/C17H24N4OS.HI/c1-4-18-17(20-11-16-12(2)21-13(3)23-16)19-9-8-14-6-5-7-15(22)10-14;/h5-7,10,22H,4,8-9,11H2,1-3H3,(H2,18,19,20);1H. The molecule has 7 heteroatoms. The molecule has 0 bridgehead atoms. The number of nitrogens with one attached hydrogen (secondary N) is 2. The Kier molecular flexibility index (Phi) is 9.05. The van der Waals surface area contributed by atoms with Gasteiger partial charge in [-0.25, -0.2) is 9.98 Å². The van der Waals surface area contributed by atoms with Gasteiger partial charge in [0.25, 0.3) is 0 Å². The van der Waals surface area contributed by atoms with Gasteiger partial charge in [-0.15, -0.1) is 35.3 Å². The highest BCUT2D eigenvalue weighted by atomic mass is 127. The van der Waals surface area contributed by atoms with E-state index >= 15 is 0 Å². The van der Waals surface area contributed by atoms with Crippen molar-refractivity contribution in [1.29, 1.82) is 0 Å². The van der Waals surface area contributed by atoms with E-state index in [9.17, 15) is 5.11 Å². The summed E-state index contributed by atoms with van der Waals surface area (Å²) in [5, 5.41) is 17.1. The molecule has 2 rings (SSSR count). The molecule has 1 aromatic heterocycles. The maximum Gasteiger partial charge on any atom is 0.191 e. The Morgan fingerprint density at radius 2 is 2.08 bits per heavy atom. The highest BCUT2D eigenvalue weighted by Crippen LogP contribution is 2.17. The molecule has 0 spiro atoms. The van der Waals surface area contributed by atoms with Crippen molar-refractivity contribution >= 4 is 41.3 Å². The number of phenolic OH excluding ortho intramolecular Hbond substituents is 1. The molecule has 132 valence electrons. The summed E-state index contributed by atoms with van der Waals surface area (Å²) in [6, 6.07) is 7.34. The molecule has 24 heavy (non-hydrogen) atoms. The summed E-state index contributed by atoms with van der Waals surface area (Å²) in [5.41, 5.74) is 2.16. The number of aryl methyl sites for hydroxylation is 2. The first-order valence-corrected chi connectivity index (χ1v) is 8.63. The monoisotopic (exact) mass is 460 g/mol. The molecular formula is C17H25IN4OS. The molecule has 0 saturated heterocycles. The Morgan fingerprint density at radius 1 is 1.29 bits per heavy atom. The number of nitrogens with zero attached hydrogens (tertiary/aromatic N) is 2. The van der Waals surface area contributed by atoms with Gasteiger partial charge >= 0.3 is 0 Å². The molecule has 5 nitrogen and oxygen atoms in total. The quantitative estimate of drug-likeness (QED) is 0.351. The van der Waals surface area contributed by atoms with E-state index in [1.54, 1.807) is 23.5 Å². The van der Waals surface area contributed by atoms with Gasteiger partial charge in [0.15, 0.2) is 5.96 Å². The second kappa shape index (κ2) is 10.5. The van der Waals surface area contributed by atoms with Crippen LogP contribution in [0.25, 0.3) is 0 Å². The van der Waals surface area contributed by atoms with Gasteiger partial charge < -0.3 is 15.7 Å². The van der Waals surface area contributed by atoms with Gasteiger partial charge in [-0.05, 0) is 44.9 Å². The van der Waals surface area contributed by atoms with Crippen molar-refractivity contribution in [3.63, 3.8) is 0 Å². The van der Waals surface area contributed by atoms with E-state index in [-0.39, 0.29) is 24.0 Å². The van der Waals surface area contributed by atoms with Crippen LogP contribution in [0.1, 0.15) is 28.1 Å². The van der Waals surface area contributed by atoms with E-state index in [1.165, 1.54) is 4.88 Å². The largest absolute Gasteiger partial charge is 0.508 e. The third-order valence-corrected chi connectivity index (χ3v) is 4.40. The molecule has 0 fully saturated rings. The Bertz CT molecular complexity index is 672. The highest BCUT2D eigenvalue weighted by Gasteiger charge is 2.05. The average Bonchev–Trinajstić information content (AvgIpc) is 2.83. The Morgan fingerprint density at radius 3 is 2.71 bits per heavy atom. The van der Waals surface area contributed by atoms with Crippen LogP contribution in [0.4, 0.5) is 0 Å². The van der Waals surface area contributed by atoms with E-state index in [2.05, 4.69) is 27.5 Å². The zero-order valence-corrected chi connectivity index (χ0v) is 17.4. The minimum atomic E-state index is 0. The van der Waals surface area contributed by atoms with Crippen LogP contribution in [0.3, 0.4) is 0 Å². The fourth-order valence-electron chi connectivity index (χ4n) is 2.25. The molecular weight excluding hydrogens is 435 g/mol. The summed E-state index contributed by atoms with van der Waals surface area (Å²) < 4.78 is 0. The van der Waals surface area contributed by atoms with Gasteiger partial charge in [0.2, 0.25) is 0 Å². The number of halogens is 1. The van der Waals surface area contributed by atoms with Crippen LogP contribution in [-0.2, 0) is 13.0 Å². The Labute approximate surface area is 164 Å². The normalized spacial score (nSPS) is 11.0. The summed E-state index contributed by atoms with van der Waals surface area (Å²) in [7, 11) is 0. The number of benzene rings is 1. The van der Waals surface area contributed by atoms with Crippen molar-refractivity contribution in [2.75, 3.05) is 13.1 Å². The number of phenols is 1. The third kappa shape index (κ3) is 6.64. The minimum absolute atomic E-state index is 0. The number of rotatable bonds is 6. The fourth-order valence-corrected chi connectivity index (χ4v) is 3.11. The molecule has 0 saturated carbocycles. The van der Waals surface area contributed by atoms with Crippen LogP contribution in [0.15, 0.2) is 29.3 Å². The topological polar surface area (TPSA) is 69.5 Å². The van der Waals surface area contributed by atoms with Gasteiger partial charge in [-0.3, -0.25) is 0 Å². The summed E-state index contributed by atoms with van der Waals surface area (Å²) in [6.07, 6.45) is 0.831. The number of aromatic nitrogens is 1. The van der Waals surface area contributed by atoms with E-state index in [4.69, 9.17) is 0 Å². The maximum atomic E-state index is 9.48. The third-order valence-electron chi connectivity index (χ3n) is 3.34. The summed E-state index contributed by atoms with van der Waals surface area (Å²) in [6.45, 7) is 8.31. The average molecular weight is 460 g/mol. The summed E-state index contributed by atoms with van der Waals surface area (Å²) in [5.74, 6) is 1.11. The van der Waals surface area contributed by atoms with Gasteiger partial charge in [0.1, 0.15) is 5.75 Å². The Balaban J connectivity index is 0.00000288. The number of aliphatic imine (C=N–C) groups is 1. The summed E-state index contributed by atoms with van der Waals surface area (Å²) in [4.78, 5) is 10.3. The molecule has 0 amide bonds. The molecule has 0 aliphatic heterocycles. The lowest BCUT2D eigenvalue weighted by Crippen LogP contribution is -2.38. The second-order valence-corrected chi connectivity index (χ2v) is 6.57. The highest BCUT2D eigenvalue weighted by molar-refractivity contribution is 14.0. The van der Waals surface area contributed by atoms with Crippen LogP contribution in [0.5, 0.6) is 5.75 Å². The van der Waals surface area contributed by atoms with Crippen molar-refractivity contribution in [3.05, 3.63) is 45.4 Å². The van der Waals surface area contributed by atoms with E-state index in [0.29, 0.717) is 12.3 Å². The van der Waals surface area contributed by atoms with Gasteiger partial charge in [-0.2, -0.15) is 0 Å². The van der Waals surface area contributed by atoms with Gasteiger partial charge in [-0.1, -0.05) is 12.1 Å². The molecule has 1 heterocycles. The van der Waals surface area contributed by atoms with Crippen LogP contribution >= 0.6 is 35.3 Å². The number of guanidine groups is 1. The van der Waals surface area contributed by atoms with Crippen LogP contribution in [0.2, 0.25) is 0 Å². The smallest absolute Gasteiger partial charge is 0.191 e. The van der Waals surface area contributed by atoms with Crippen molar-refractivity contribution < 1.29 is 5.11 Å². The van der Waals surface area contributed by atoms with Crippen LogP contribution < -0.4 is 10.6 Å². The molecule has 0 radical (unpaired) electrons. The number of hydrogen-bond acceptors (Lipinski definition) is 4. The fraction of sp³-hybridized carbons (Fsp3) is 0.412. The zero-order valence-electron chi connectivity index (χ0n) is 14.3. The first-order valence-electron chi connectivity index (χ1n) is 7.81. The van der Waals surface area contributed by atoms with Crippen LogP contribution in [-0.4, -0.2) is 29.1 Å². The summed E-state index contributed by atoms with van der Waals surface area (Å²) >= 11 is 1.70. The molecule has 3 N–H and O–H groups in total. The van der Waals surface area contributed by atoms with E-state index in [1.807, 2.05) is 26.0 Å². The molecule has 0 aliphatic rings. The molecule has 0 atom stereocenters. The van der Waals surface area contributed by atoms with Crippen LogP contribution in [0, 0.1) is 13.8 Å². The predicted octanol–water partition coefficient (Wildman–Crippen LogP) is 3.38. The first kappa shape index (κ1) is 20.7. The lowest BCUT2D eigenvalue weighted by Gasteiger charge is -2.11. The number of thiazole rings is 1. The molecule has 2 aromatic rings. The minimum Gasteiger partial charge on any atom is -0.508 e. The molecule has 0 unspecified atom stereocenters. The van der Waals surface area contributed by atoms with Gasteiger partial charge in [0, 0.05) is 18.0 Å². The number of hydrogen-bond donors (Lipinski definition) is 3. The zero-order chi connectivity index (χ0) is 16.7. The molecule has 1 aromatic carbocycles. The van der Waals surface area contributed by atoms with Crippen molar-refractivity contribution in [2.24, 2.45) is 4.99 Å². The number of aromatic hydroxyl groups is 1. The van der Waals surface area contributed by atoms with Crippen molar-refractivity contribution in [2.45, 2.75) is 33.7 Å². The van der Waals surface area contributed by atoms with Gasteiger partial charge in [0.05, 0.1) is 17.2 Å². The predicted molar refractivity (Wildman–Crippen MR) is 112 cm³/mol. The van der Waals surface area contributed by atoms with E-state index in [0.717, 1.165) is 41.7 Å². The van der Waals surface area contributed by atoms with E-state index < -0.39 is 0 Å². The van der Waals surface area contributed by atoms with Crippen molar-refractivity contribution in [3.8, 4) is 5.75 Å². The lowest BCUT2D eigenvalue weighted by molar-refractivity contribution is 0.474. The lowest BCUT2D eigenvalue weighted by atomic mass is 10.1. The van der Waals surface area contributed by atoms with Crippen molar-refractivity contribution in [1.82, 2.24) is 15.6 Å². The Hall–Kier alpha value is -1.35. The second-order valence-electron chi connectivity index (χ2n) is 5.28. The maximum absolute atomic E-state index is 9.48. The first-order chi connectivity index (χ1) is 11.1. The molecule has 0 aliphatic carbocycles.